The van der Waals surface area contributed by atoms with Gasteiger partial charge in [-0.3, -0.25) is 4.68 Å². The minimum atomic E-state index is -2.53. The number of ether oxygens (including phenoxy) is 1. The summed E-state index contributed by atoms with van der Waals surface area (Å²) in [6, 6.07) is 9.61. The van der Waals surface area contributed by atoms with E-state index in [-0.39, 0.29) is 11.6 Å². The lowest BCUT2D eigenvalue weighted by atomic mass is 9.93. The van der Waals surface area contributed by atoms with Gasteiger partial charge in [-0.2, -0.15) is 5.10 Å². The van der Waals surface area contributed by atoms with E-state index >= 15 is 0 Å². The van der Waals surface area contributed by atoms with E-state index < -0.39 is 6.43 Å². The number of benzene rings is 2. The van der Waals surface area contributed by atoms with Crippen LogP contribution >= 0.6 is 0 Å². The second-order valence-corrected chi connectivity index (χ2v) is 9.04. The number of amides is 2. The van der Waals surface area contributed by atoms with Crippen molar-refractivity contribution in [3.05, 3.63) is 70.5 Å². The second-order valence-electron chi connectivity index (χ2n) is 9.04. The number of urea groups is 1. The molecule has 0 saturated carbocycles. The number of aromatic nitrogens is 2. The Morgan fingerprint density at radius 3 is 2.71 bits per heavy atom. The van der Waals surface area contributed by atoms with Gasteiger partial charge in [0.2, 0.25) is 0 Å². The molecule has 4 rings (SSSR count). The van der Waals surface area contributed by atoms with E-state index in [1.54, 1.807) is 42.1 Å². The Morgan fingerprint density at radius 1 is 1.20 bits per heavy atom. The second kappa shape index (κ2) is 10.9. The van der Waals surface area contributed by atoms with E-state index in [2.05, 4.69) is 22.5 Å². The van der Waals surface area contributed by atoms with Crippen molar-refractivity contribution >= 4 is 6.03 Å². The molecular formula is C27H32F2N4O2. The first-order valence-electron chi connectivity index (χ1n) is 12.0. The predicted octanol–water partition coefficient (Wildman–Crippen LogP) is 5.43. The SMILES string of the molecule is CNC(=O)N1CCOc2ccc(CCCCc3cc(-c4cnn(C)c4)c(C(F)F)cc3C)cc2C1. The largest absolute Gasteiger partial charge is 0.491 e. The fourth-order valence-electron chi connectivity index (χ4n) is 4.61. The zero-order valence-electron chi connectivity index (χ0n) is 20.5. The van der Waals surface area contributed by atoms with Gasteiger partial charge in [0.15, 0.2) is 0 Å². The van der Waals surface area contributed by atoms with Crippen molar-refractivity contribution in [2.45, 2.75) is 45.6 Å². The monoisotopic (exact) mass is 482 g/mol. The molecule has 1 aliphatic rings. The Hall–Kier alpha value is -3.42. The van der Waals surface area contributed by atoms with Gasteiger partial charge in [-0.05, 0) is 67.0 Å². The van der Waals surface area contributed by atoms with Crippen LogP contribution in [-0.2, 0) is 26.4 Å². The summed E-state index contributed by atoms with van der Waals surface area (Å²) in [6.45, 7) is 3.45. The summed E-state index contributed by atoms with van der Waals surface area (Å²) >= 11 is 0. The molecule has 2 heterocycles. The van der Waals surface area contributed by atoms with Crippen molar-refractivity contribution in [2.24, 2.45) is 7.05 Å². The molecular weight excluding hydrogens is 450 g/mol. The summed E-state index contributed by atoms with van der Waals surface area (Å²) in [6.07, 6.45) is 4.50. The highest BCUT2D eigenvalue weighted by Gasteiger charge is 2.20. The third-order valence-electron chi connectivity index (χ3n) is 6.53. The summed E-state index contributed by atoms with van der Waals surface area (Å²) in [5.41, 5.74) is 5.52. The molecule has 35 heavy (non-hydrogen) atoms. The van der Waals surface area contributed by atoms with Gasteiger partial charge in [0.05, 0.1) is 19.3 Å². The van der Waals surface area contributed by atoms with Crippen molar-refractivity contribution < 1.29 is 18.3 Å². The smallest absolute Gasteiger partial charge is 0.317 e. The van der Waals surface area contributed by atoms with Crippen LogP contribution in [0.15, 0.2) is 42.7 Å². The Balaban J connectivity index is 1.41. The number of hydrogen-bond donors (Lipinski definition) is 1. The number of nitrogens with zero attached hydrogens (tertiary/aromatic N) is 3. The molecule has 0 bridgehead atoms. The molecule has 0 aliphatic carbocycles. The van der Waals surface area contributed by atoms with Crippen molar-refractivity contribution in [2.75, 3.05) is 20.2 Å². The van der Waals surface area contributed by atoms with Gasteiger partial charge in [-0.25, -0.2) is 13.6 Å². The van der Waals surface area contributed by atoms with Crippen molar-refractivity contribution in [3.63, 3.8) is 0 Å². The molecule has 0 unspecified atom stereocenters. The van der Waals surface area contributed by atoms with Gasteiger partial charge in [-0.1, -0.05) is 18.2 Å². The lowest BCUT2D eigenvalue weighted by Crippen LogP contribution is -2.38. The number of carbonyl (C=O) groups is 1. The highest BCUT2D eigenvalue weighted by Crippen LogP contribution is 2.34. The number of nitrogens with one attached hydrogen (secondary N) is 1. The van der Waals surface area contributed by atoms with Crippen LogP contribution in [-0.4, -0.2) is 40.9 Å². The Morgan fingerprint density at radius 2 is 2.00 bits per heavy atom. The number of rotatable bonds is 7. The third-order valence-corrected chi connectivity index (χ3v) is 6.53. The zero-order valence-corrected chi connectivity index (χ0v) is 20.5. The Labute approximate surface area is 204 Å². The van der Waals surface area contributed by atoms with Crippen LogP contribution in [0.4, 0.5) is 13.6 Å². The van der Waals surface area contributed by atoms with Gasteiger partial charge < -0.3 is 15.0 Å². The van der Waals surface area contributed by atoms with Crippen LogP contribution in [0.2, 0.25) is 0 Å². The Bertz CT molecular complexity index is 1190. The molecule has 3 aromatic rings. The van der Waals surface area contributed by atoms with Crippen LogP contribution in [0, 0.1) is 6.92 Å². The van der Waals surface area contributed by atoms with E-state index in [9.17, 15) is 13.6 Å². The summed E-state index contributed by atoms with van der Waals surface area (Å²) in [4.78, 5) is 13.8. The normalized spacial score (nSPS) is 13.4. The molecule has 0 saturated heterocycles. The lowest BCUT2D eigenvalue weighted by molar-refractivity contribution is 0.152. The average Bonchev–Trinajstić information content (AvgIpc) is 3.16. The molecule has 8 heteroatoms. The first-order chi connectivity index (χ1) is 16.9. The number of halogens is 2. The van der Waals surface area contributed by atoms with Crippen LogP contribution in [0.1, 0.15) is 47.1 Å². The predicted molar refractivity (Wildman–Crippen MR) is 132 cm³/mol. The third kappa shape index (κ3) is 5.81. The molecule has 1 N–H and O–H groups in total. The van der Waals surface area contributed by atoms with Gasteiger partial charge in [0.25, 0.3) is 6.43 Å². The fourth-order valence-corrected chi connectivity index (χ4v) is 4.61. The van der Waals surface area contributed by atoms with Crippen LogP contribution in [0.5, 0.6) is 5.75 Å². The number of hydrogen-bond acceptors (Lipinski definition) is 3. The van der Waals surface area contributed by atoms with Gasteiger partial charge in [0.1, 0.15) is 12.4 Å². The summed E-state index contributed by atoms with van der Waals surface area (Å²) in [5, 5.41) is 6.83. The van der Waals surface area contributed by atoms with Gasteiger partial charge in [0, 0.05) is 37.0 Å². The van der Waals surface area contributed by atoms with E-state index in [0.29, 0.717) is 30.8 Å². The van der Waals surface area contributed by atoms with Crippen molar-refractivity contribution in [1.82, 2.24) is 20.0 Å². The maximum Gasteiger partial charge on any atom is 0.317 e. The zero-order chi connectivity index (χ0) is 24.9. The molecule has 1 aromatic heterocycles. The van der Waals surface area contributed by atoms with E-state index in [4.69, 9.17) is 4.74 Å². The molecule has 1 aliphatic heterocycles. The average molecular weight is 483 g/mol. The van der Waals surface area contributed by atoms with Crippen molar-refractivity contribution in [3.8, 4) is 16.9 Å². The van der Waals surface area contributed by atoms with Crippen LogP contribution < -0.4 is 10.1 Å². The van der Waals surface area contributed by atoms with Gasteiger partial charge >= 0.3 is 6.03 Å². The molecule has 0 spiro atoms. The molecule has 0 atom stereocenters. The Kier molecular flexibility index (Phi) is 7.68. The minimum absolute atomic E-state index is 0.0530. The van der Waals surface area contributed by atoms with Crippen molar-refractivity contribution in [1.29, 1.82) is 0 Å². The van der Waals surface area contributed by atoms with E-state index in [1.807, 2.05) is 19.1 Å². The maximum atomic E-state index is 13.7. The minimum Gasteiger partial charge on any atom is -0.491 e. The summed E-state index contributed by atoms with van der Waals surface area (Å²) in [5.74, 6) is 0.831. The summed E-state index contributed by atoms with van der Waals surface area (Å²) < 4.78 is 34.8. The molecule has 0 radical (unpaired) electrons. The number of carbonyl (C=O) groups excluding carboxylic acids is 1. The standard InChI is InChI=1S/C27H32F2N4O2/c1-18-12-24(26(28)29)23(22-15-31-32(3)16-22)14-20(18)7-5-4-6-19-8-9-25-21(13-19)17-33(10-11-35-25)27(34)30-2/h8-9,12-16,26H,4-7,10-11,17H2,1-3H3,(H,30,34). The number of aryl methyl sites for hydroxylation is 4. The lowest BCUT2D eigenvalue weighted by Gasteiger charge is -2.19. The van der Waals surface area contributed by atoms with Gasteiger partial charge in [-0.15, -0.1) is 0 Å². The quantitative estimate of drug-likeness (QED) is 0.457. The van der Waals surface area contributed by atoms with Crippen LogP contribution in [0.3, 0.4) is 0 Å². The number of fused-ring (bicyclic) bond motifs is 1. The van der Waals surface area contributed by atoms with Crippen LogP contribution in [0.25, 0.3) is 11.1 Å². The first kappa shape index (κ1) is 24.7. The molecule has 6 nitrogen and oxygen atoms in total. The highest BCUT2D eigenvalue weighted by atomic mass is 19.3. The van der Waals surface area contributed by atoms with E-state index in [1.165, 1.54) is 5.56 Å². The molecule has 2 amide bonds. The fraction of sp³-hybridized carbons (Fsp3) is 0.407. The first-order valence-corrected chi connectivity index (χ1v) is 12.0. The highest BCUT2D eigenvalue weighted by molar-refractivity contribution is 5.74. The number of alkyl halides is 2. The van der Waals surface area contributed by atoms with E-state index in [0.717, 1.165) is 48.1 Å². The molecule has 2 aromatic carbocycles. The molecule has 0 fully saturated rings. The number of unbranched alkanes of at least 4 members (excludes halogenated alkanes) is 1. The summed E-state index contributed by atoms with van der Waals surface area (Å²) in [7, 11) is 3.42. The topological polar surface area (TPSA) is 59.4 Å². The maximum absolute atomic E-state index is 13.7. The molecule has 186 valence electrons.